The van der Waals surface area contributed by atoms with Crippen LogP contribution in [0.1, 0.15) is 113 Å². The first-order valence-corrected chi connectivity index (χ1v) is 14.7. The SMILES string of the molecule is CCCC(=O)O[C@@H]1CC[C@@]2(C)C(CC[C@@]3(C)[C@@H]4CCC5=C(C(=O)O[C@H]5C)[C@@]4(C)[C@@H](O)C[C@@H]32)[C@@]1(C)CC. The summed E-state index contributed by atoms with van der Waals surface area (Å²) in [5.41, 5.74) is 1.47. The fraction of sp³-hybridized carbons (Fsp3) is 0.871. The van der Waals surface area contributed by atoms with Gasteiger partial charge >= 0.3 is 11.9 Å². The van der Waals surface area contributed by atoms with Crippen LogP contribution in [0.15, 0.2) is 11.1 Å². The van der Waals surface area contributed by atoms with E-state index >= 15 is 0 Å². The molecule has 0 aromatic heterocycles. The van der Waals surface area contributed by atoms with Gasteiger partial charge in [-0.05, 0) is 98.9 Å². The molecule has 0 aromatic rings. The lowest BCUT2D eigenvalue weighted by molar-refractivity contribution is -0.239. The van der Waals surface area contributed by atoms with Gasteiger partial charge in [-0.25, -0.2) is 4.79 Å². The number of carbonyl (C=O) groups excluding carboxylic acids is 2. The largest absolute Gasteiger partial charge is 0.462 e. The first kappa shape index (κ1) is 26.3. The molecule has 1 aliphatic heterocycles. The molecule has 0 aromatic carbocycles. The van der Waals surface area contributed by atoms with E-state index in [0.29, 0.717) is 18.3 Å². The van der Waals surface area contributed by atoms with Gasteiger partial charge in [0.25, 0.3) is 0 Å². The van der Waals surface area contributed by atoms with Gasteiger partial charge in [-0.2, -0.15) is 0 Å². The molecule has 202 valence electrons. The quantitative estimate of drug-likeness (QED) is 0.454. The van der Waals surface area contributed by atoms with Gasteiger partial charge in [0.1, 0.15) is 12.2 Å². The van der Waals surface area contributed by atoms with Gasteiger partial charge in [0.15, 0.2) is 0 Å². The third kappa shape index (κ3) is 3.29. The molecular weight excluding hydrogens is 452 g/mol. The van der Waals surface area contributed by atoms with Crippen LogP contribution < -0.4 is 0 Å². The normalized spacial score (nSPS) is 49.9. The van der Waals surface area contributed by atoms with Gasteiger partial charge in [0, 0.05) is 22.8 Å². The second kappa shape index (κ2) is 8.58. The fourth-order valence-electron chi connectivity index (χ4n) is 10.6. The highest BCUT2D eigenvalue weighted by Gasteiger charge is 2.70. The summed E-state index contributed by atoms with van der Waals surface area (Å²) in [4.78, 5) is 25.6. The van der Waals surface area contributed by atoms with E-state index in [2.05, 4.69) is 34.6 Å². The lowest BCUT2D eigenvalue weighted by atomic mass is 9.34. The predicted molar refractivity (Wildman–Crippen MR) is 139 cm³/mol. The number of fused-ring (bicyclic) bond motifs is 6. The van der Waals surface area contributed by atoms with Gasteiger partial charge in [0.05, 0.1) is 6.10 Å². The van der Waals surface area contributed by atoms with Crippen LogP contribution in [0.5, 0.6) is 0 Å². The van der Waals surface area contributed by atoms with Gasteiger partial charge in [-0.3, -0.25) is 4.79 Å². The molecule has 0 radical (unpaired) electrons. The first-order chi connectivity index (χ1) is 16.9. The molecule has 36 heavy (non-hydrogen) atoms. The van der Waals surface area contributed by atoms with Crippen molar-refractivity contribution in [3.8, 4) is 0 Å². The molecule has 10 atom stereocenters. The zero-order valence-electron chi connectivity index (χ0n) is 23.6. The number of hydrogen-bond acceptors (Lipinski definition) is 5. The first-order valence-electron chi connectivity index (χ1n) is 14.7. The maximum absolute atomic E-state index is 13.0. The smallest absolute Gasteiger partial charge is 0.335 e. The van der Waals surface area contributed by atoms with Crippen molar-refractivity contribution in [2.45, 2.75) is 131 Å². The van der Waals surface area contributed by atoms with Crippen molar-refractivity contribution >= 4 is 11.9 Å². The summed E-state index contributed by atoms with van der Waals surface area (Å²) in [6.45, 7) is 15.7. The maximum atomic E-state index is 13.0. The highest BCUT2D eigenvalue weighted by Crippen LogP contribution is 2.74. The van der Waals surface area contributed by atoms with Crippen LogP contribution in [0.3, 0.4) is 0 Å². The Labute approximate surface area is 217 Å². The van der Waals surface area contributed by atoms with Crippen molar-refractivity contribution in [1.82, 2.24) is 0 Å². The maximum Gasteiger partial charge on any atom is 0.335 e. The highest BCUT2D eigenvalue weighted by molar-refractivity contribution is 5.94. The monoisotopic (exact) mass is 500 g/mol. The topological polar surface area (TPSA) is 72.8 Å². The zero-order valence-corrected chi connectivity index (χ0v) is 23.6. The van der Waals surface area contributed by atoms with Gasteiger partial charge in [0.2, 0.25) is 0 Å². The Balaban J connectivity index is 1.51. The molecule has 5 nitrogen and oxygen atoms in total. The highest BCUT2D eigenvalue weighted by atomic mass is 16.6. The van der Waals surface area contributed by atoms with E-state index in [4.69, 9.17) is 9.47 Å². The van der Waals surface area contributed by atoms with E-state index in [1.807, 2.05) is 13.8 Å². The minimum atomic E-state index is -0.549. The Morgan fingerprint density at radius 3 is 2.36 bits per heavy atom. The van der Waals surface area contributed by atoms with Crippen molar-refractivity contribution in [1.29, 1.82) is 0 Å². The Kier molecular flexibility index (Phi) is 6.26. The number of cyclic esters (lactones) is 1. The number of aliphatic hydroxyl groups excluding tert-OH is 1. The average Bonchev–Trinajstić information content (AvgIpc) is 3.12. The summed E-state index contributed by atoms with van der Waals surface area (Å²) < 4.78 is 11.8. The lowest BCUT2D eigenvalue weighted by Crippen LogP contribution is -2.67. The molecule has 5 heteroatoms. The number of ether oxygens (including phenoxy) is 2. The van der Waals surface area contributed by atoms with Crippen molar-refractivity contribution in [3.05, 3.63) is 11.1 Å². The van der Waals surface area contributed by atoms with E-state index in [1.54, 1.807) is 0 Å². The van der Waals surface area contributed by atoms with Crippen molar-refractivity contribution in [2.75, 3.05) is 0 Å². The molecule has 0 bridgehead atoms. The molecule has 1 N–H and O–H groups in total. The van der Waals surface area contributed by atoms with Crippen LogP contribution in [-0.2, 0) is 19.1 Å². The Morgan fingerprint density at radius 2 is 1.69 bits per heavy atom. The Hall–Kier alpha value is -1.36. The summed E-state index contributed by atoms with van der Waals surface area (Å²) in [7, 11) is 0. The second-order valence-electron chi connectivity index (χ2n) is 13.9. The van der Waals surface area contributed by atoms with Gasteiger partial charge in [-0.1, -0.05) is 41.5 Å². The molecule has 0 spiro atoms. The number of hydrogen-bond donors (Lipinski definition) is 1. The van der Waals surface area contributed by atoms with E-state index in [9.17, 15) is 14.7 Å². The van der Waals surface area contributed by atoms with E-state index < -0.39 is 11.5 Å². The van der Waals surface area contributed by atoms with Crippen LogP contribution in [0.2, 0.25) is 0 Å². The number of carbonyl (C=O) groups is 2. The standard InChI is InChI=1S/C31H48O5/c1-8-10-25(33)36-24-14-16-29(5)20(28(24,4)9-2)13-15-30(6)21-12-11-19-18(3)35-27(34)26(19)31(21,7)23(32)17-22(29)30/h18,20-24,32H,8-17H2,1-7H3/t18-,20?,21-,22+,23-,24+,28+,29-,30-,31+/m0/s1. The predicted octanol–water partition coefficient (Wildman–Crippen LogP) is 6.37. The number of aliphatic hydroxyl groups is 1. The molecule has 0 amide bonds. The van der Waals surface area contributed by atoms with Crippen molar-refractivity contribution in [3.63, 3.8) is 0 Å². The minimum Gasteiger partial charge on any atom is -0.462 e. The number of rotatable bonds is 4. The Morgan fingerprint density at radius 1 is 1.03 bits per heavy atom. The van der Waals surface area contributed by atoms with Crippen LogP contribution in [0.4, 0.5) is 0 Å². The molecule has 5 aliphatic rings. The van der Waals surface area contributed by atoms with E-state index in [0.717, 1.165) is 68.9 Å². The zero-order chi connectivity index (χ0) is 26.3. The molecule has 1 unspecified atom stereocenters. The summed E-state index contributed by atoms with van der Waals surface area (Å²) in [5, 5.41) is 11.9. The molecule has 3 saturated carbocycles. The van der Waals surface area contributed by atoms with Gasteiger partial charge < -0.3 is 14.6 Å². The molecule has 0 saturated heterocycles. The average molecular weight is 501 g/mol. The third-order valence-corrected chi connectivity index (χ3v) is 12.5. The Bertz CT molecular complexity index is 970. The minimum absolute atomic E-state index is 0.0279. The fourth-order valence-corrected chi connectivity index (χ4v) is 10.6. The van der Waals surface area contributed by atoms with E-state index in [-0.39, 0.29) is 46.3 Å². The van der Waals surface area contributed by atoms with Crippen LogP contribution in [0.25, 0.3) is 0 Å². The van der Waals surface area contributed by atoms with Crippen LogP contribution >= 0.6 is 0 Å². The van der Waals surface area contributed by atoms with Gasteiger partial charge in [-0.15, -0.1) is 0 Å². The van der Waals surface area contributed by atoms with E-state index in [1.165, 1.54) is 0 Å². The third-order valence-electron chi connectivity index (χ3n) is 12.5. The van der Waals surface area contributed by atoms with Crippen LogP contribution in [0, 0.1) is 39.4 Å². The molecule has 4 aliphatic carbocycles. The summed E-state index contributed by atoms with van der Waals surface area (Å²) in [6, 6.07) is 0. The molecule has 3 fully saturated rings. The molecule has 1 heterocycles. The number of esters is 2. The lowest BCUT2D eigenvalue weighted by Gasteiger charge is -2.70. The summed E-state index contributed by atoms with van der Waals surface area (Å²) in [6.07, 6.45) is 8.36. The van der Waals surface area contributed by atoms with Crippen molar-refractivity contribution < 1.29 is 24.2 Å². The molecule has 5 rings (SSSR count). The summed E-state index contributed by atoms with van der Waals surface area (Å²) in [5.74, 6) is 0.846. The van der Waals surface area contributed by atoms with Crippen molar-refractivity contribution in [2.24, 2.45) is 39.4 Å². The second-order valence-corrected chi connectivity index (χ2v) is 13.9. The molecular formula is C31H48O5. The van der Waals surface area contributed by atoms with Crippen LogP contribution in [-0.4, -0.2) is 35.4 Å². The summed E-state index contributed by atoms with van der Waals surface area (Å²) >= 11 is 0.